The second-order valence-corrected chi connectivity index (χ2v) is 13.3. The molecule has 0 saturated carbocycles. The van der Waals surface area contributed by atoms with Gasteiger partial charge in [0.15, 0.2) is 0 Å². The Morgan fingerprint density at radius 1 is 0.327 bits per heavy atom. The third kappa shape index (κ3) is 5.04. The average Bonchev–Trinajstić information content (AvgIpc) is 3.59. The van der Waals surface area contributed by atoms with Gasteiger partial charge in [-0.15, -0.1) is 0 Å². The van der Waals surface area contributed by atoms with Gasteiger partial charge in [-0.25, -0.2) is 0 Å². The molecule has 0 aliphatic carbocycles. The highest BCUT2D eigenvalue weighted by atomic mass is 16.3. The summed E-state index contributed by atoms with van der Waals surface area (Å²) in [6, 6.07) is 71.8. The Hall–Kier alpha value is -6.90. The number of fused-ring (bicyclic) bond motifs is 5. The van der Waals surface area contributed by atoms with Gasteiger partial charge in [0.1, 0.15) is 11.2 Å². The van der Waals surface area contributed by atoms with Crippen LogP contribution in [0.1, 0.15) is 0 Å². The van der Waals surface area contributed by atoms with Crippen LogP contribution in [0, 0.1) is 0 Å². The lowest BCUT2D eigenvalue weighted by molar-refractivity contribution is 0.669. The Morgan fingerprint density at radius 2 is 0.923 bits per heavy atom. The van der Waals surface area contributed by atoms with Crippen molar-refractivity contribution in [2.75, 3.05) is 4.90 Å². The summed E-state index contributed by atoms with van der Waals surface area (Å²) in [6.45, 7) is 0. The lowest BCUT2D eigenvalue weighted by Crippen LogP contribution is -2.11. The molecule has 10 rings (SSSR count). The van der Waals surface area contributed by atoms with Crippen LogP contribution < -0.4 is 4.90 Å². The Morgan fingerprint density at radius 3 is 1.81 bits per heavy atom. The Bertz CT molecular complexity index is 2910. The third-order valence-corrected chi connectivity index (χ3v) is 10.3. The first kappa shape index (κ1) is 30.0. The standard InChI is InChI=1S/C50H33NO/c1-2-14-35(15-3-1)42-26-12-18-36-19-13-27-46(50(36)42)43-23-6-8-28-47(43)51(39-30-31-45-44-24-7-9-29-48(44)52-49(45)33-39)38-21-10-20-37(32-38)41-25-11-17-34-16-4-5-22-40(34)41/h1-33H. The van der Waals surface area contributed by atoms with Crippen LogP contribution in [0.15, 0.2) is 205 Å². The second-order valence-electron chi connectivity index (χ2n) is 13.3. The zero-order valence-corrected chi connectivity index (χ0v) is 28.4. The normalized spacial score (nSPS) is 11.5. The van der Waals surface area contributed by atoms with Crippen molar-refractivity contribution < 1.29 is 4.42 Å². The van der Waals surface area contributed by atoms with Crippen molar-refractivity contribution in [1.82, 2.24) is 0 Å². The van der Waals surface area contributed by atoms with Crippen LogP contribution in [0.3, 0.4) is 0 Å². The monoisotopic (exact) mass is 663 g/mol. The molecule has 0 spiro atoms. The molecule has 10 aromatic rings. The molecule has 0 unspecified atom stereocenters. The van der Waals surface area contributed by atoms with Crippen LogP contribution in [-0.4, -0.2) is 0 Å². The summed E-state index contributed by atoms with van der Waals surface area (Å²) in [7, 11) is 0. The first-order chi connectivity index (χ1) is 25.8. The minimum Gasteiger partial charge on any atom is -0.456 e. The molecule has 0 atom stereocenters. The maximum Gasteiger partial charge on any atom is 0.137 e. The van der Waals surface area contributed by atoms with Crippen molar-refractivity contribution in [2.24, 2.45) is 0 Å². The lowest BCUT2D eigenvalue weighted by Gasteiger charge is -2.29. The fourth-order valence-electron chi connectivity index (χ4n) is 7.89. The van der Waals surface area contributed by atoms with E-state index in [9.17, 15) is 0 Å². The van der Waals surface area contributed by atoms with Crippen LogP contribution >= 0.6 is 0 Å². The minimum atomic E-state index is 0.864. The average molecular weight is 664 g/mol. The van der Waals surface area contributed by atoms with E-state index in [4.69, 9.17) is 4.42 Å². The molecule has 1 heterocycles. The summed E-state index contributed by atoms with van der Waals surface area (Å²) in [6.07, 6.45) is 0. The maximum atomic E-state index is 6.47. The molecule has 2 heteroatoms. The van der Waals surface area contributed by atoms with Gasteiger partial charge in [-0.05, 0) is 85.8 Å². The first-order valence-corrected chi connectivity index (χ1v) is 17.8. The van der Waals surface area contributed by atoms with Crippen molar-refractivity contribution in [3.05, 3.63) is 200 Å². The van der Waals surface area contributed by atoms with E-state index in [-0.39, 0.29) is 0 Å². The molecular weight excluding hydrogens is 631 g/mol. The molecule has 0 N–H and O–H groups in total. The second kappa shape index (κ2) is 12.5. The summed E-state index contributed by atoms with van der Waals surface area (Å²) >= 11 is 0. The van der Waals surface area contributed by atoms with Gasteiger partial charge < -0.3 is 9.32 Å². The van der Waals surface area contributed by atoms with Gasteiger partial charge in [0.2, 0.25) is 0 Å². The highest BCUT2D eigenvalue weighted by molar-refractivity contribution is 6.10. The fourth-order valence-corrected chi connectivity index (χ4v) is 7.89. The molecule has 0 aliphatic rings. The lowest BCUT2D eigenvalue weighted by atomic mass is 9.90. The fraction of sp³-hybridized carbons (Fsp3) is 0. The van der Waals surface area contributed by atoms with E-state index in [1.165, 1.54) is 43.8 Å². The zero-order valence-electron chi connectivity index (χ0n) is 28.4. The van der Waals surface area contributed by atoms with Gasteiger partial charge in [0.05, 0.1) is 5.69 Å². The Kier molecular flexibility index (Phi) is 7.18. The molecular formula is C50H33NO. The molecule has 0 fully saturated rings. The number of anilines is 3. The first-order valence-electron chi connectivity index (χ1n) is 17.8. The molecule has 52 heavy (non-hydrogen) atoms. The van der Waals surface area contributed by atoms with Crippen molar-refractivity contribution in [2.45, 2.75) is 0 Å². The molecule has 1 aromatic heterocycles. The number of furan rings is 1. The predicted molar refractivity (Wildman–Crippen MR) is 220 cm³/mol. The summed E-state index contributed by atoms with van der Waals surface area (Å²) in [5.41, 5.74) is 12.1. The minimum absolute atomic E-state index is 0.864. The number of nitrogens with zero attached hydrogens (tertiary/aromatic N) is 1. The highest BCUT2D eigenvalue weighted by Crippen LogP contribution is 2.46. The van der Waals surface area contributed by atoms with Crippen molar-refractivity contribution in [3.63, 3.8) is 0 Å². The van der Waals surface area contributed by atoms with E-state index in [0.717, 1.165) is 50.1 Å². The molecule has 0 bridgehead atoms. The molecule has 244 valence electrons. The SMILES string of the molecule is c1ccc(-c2cccc3cccc(-c4ccccc4N(c4cccc(-c5cccc6ccccc56)c4)c4ccc5c(c4)oc4ccccc45)c23)cc1. The van der Waals surface area contributed by atoms with Crippen LogP contribution in [-0.2, 0) is 0 Å². The van der Waals surface area contributed by atoms with Crippen molar-refractivity contribution in [1.29, 1.82) is 0 Å². The van der Waals surface area contributed by atoms with E-state index in [2.05, 4.69) is 193 Å². The Balaban J connectivity index is 1.23. The van der Waals surface area contributed by atoms with E-state index >= 15 is 0 Å². The quantitative estimate of drug-likeness (QED) is 0.176. The maximum absolute atomic E-state index is 6.47. The van der Waals surface area contributed by atoms with E-state index in [1.54, 1.807) is 0 Å². The van der Waals surface area contributed by atoms with Gasteiger partial charge in [-0.1, -0.05) is 158 Å². The largest absolute Gasteiger partial charge is 0.456 e. The van der Waals surface area contributed by atoms with Crippen molar-refractivity contribution in [3.8, 4) is 33.4 Å². The van der Waals surface area contributed by atoms with Gasteiger partial charge in [-0.3, -0.25) is 0 Å². The number of hydrogen-bond acceptors (Lipinski definition) is 2. The van der Waals surface area contributed by atoms with Crippen molar-refractivity contribution >= 4 is 60.5 Å². The zero-order chi connectivity index (χ0) is 34.4. The van der Waals surface area contributed by atoms with Gasteiger partial charge in [0, 0.05) is 33.8 Å². The molecule has 0 amide bonds. The topological polar surface area (TPSA) is 16.4 Å². The van der Waals surface area contributed by atoms with E-state index in [0.29, 0.717) is 0 Å². The van der Waals surface area contributed by atoms with Crippen LogP contribution in [0.25, 0.3) is 76.9 Å². The number of para-hydroxylation sites is 2. The van der Waals surface area contributed by atoms with Crippen LogP contribution in [0.4, 0.5) is 17.1 Å². The summed E-state index contributed by atoms with van der Waals surface area (Å²) in [5, 5.41) is 7.15. The highest BCUT2D eigenvalue weighted by Gasteiger charge is 2.21. The molecule has 9 aromatic carbocycles. The molecule has 2 nitrogen and oxygen atoms in total. The van der Waals surface area contributed by atoms with Gasteiger partial charge in [-0.2, -0.15) is 0 Å². The van der Waals surface area contributed by atoms with Gasteiger partial charge in [0.25, 0.3) is 0 Å². The summed E-state index contributed by atoms with van der Waals surface area (Å²) in [4.78, 5) is 2.39. The molecule has 0 aliphatic heterocycles. The molecule has 0 saturated heterocycles. The smallest absolute Gasteiger partial charge is 0.137 e. The predicted octanol–water partition coefficient (Wildman–Crippen LogP) is 14.4. The number of rotatable bonds is 6. The van der Waals surface area contributed by atoms with E-state index < -0.39 is 0 Å². The molecule has 0 radical (unpaired) electrons. The Labute approximate surface area is 302 Å². The number of benzene rings is 9. The summed E-state index contributed by atoms with van der Waals surface area (Å²) < 4.78 is 6.47. The van der Waals surface area contributed by atoms with Crippen LogP contribution in [0.2, 0.25) is 0 Å². The third-order valence-electron chi connectivity index (χ3n) is 10.3. The van der Waals surface area contributed by atoms with Crippen LogP contribution in [0.5, 0.6) is 0 Å². The van der Waals surface area contributed by atoms with E-state index in [1.807, 2.05) is 12.1 Å². The van der Waals surface area contributed by atoms with Gasteiger partial charge >= 0.3 is 0 Å². The summed E-state index contributed by atoms with van der Waals surface area (Å²) in [5.74, 6) is 0. The number of hydrogen-bond donors (Lipinski definition) is 0.